The molecule has 0 bridgehead atoms. The number of benzene rings is 2. The minimum atomic E-state index is -0.821. The SMILES string of the molecule is O=C(NSc1cc(F)c(O)c(Cl)c1)C1CCCCO1.OC1CN(CCCCSc2ccc(F)cc2)C1. The average molecular weight is 561 g/mol. The third-order valence-electron chi connectivity index (χ3n) is 5.62. The summed E-state index contributed by atoms with van der Waals surface area (Å²) in [6, 6.07) is 9.14. The molecule has 1 amide bonds. The van der Waals surface area contributed by atoms with Crippen LogP contribution in [0.15, 0.2) is 46.2 Å². The number of phenols is 1. The van der Waals surface area contributed by atoms with Gasteiger partial charge in [0.05, 0.1) is 11.1 Å². The van der Waals surface area contributed by atoms with Crippen LogP contribution in [0.25, 0.3) is 0 Å². The van der Waals surface area contributed by atoms with Gasteiger partial charge in [-0.1, -0.05) is 11.6 Å². The molecule has 2 aromatic carbocycles. The Kier molecular flexibility index (Phi) is 12.1. The van der Waals surface area contributed by atoms with E-state index in [-0.39, 0.29) is 22.9 Å². The molecule has 11 heteroatoms. The van der Waals surface area contributed by atoms with E-state index in [2.05, 4.69) is 9.62 Å². The maximum Gasteiger partial charge on any atom is 0.259 e. The van der Waals surface area contributed by atoms with Crippen molar-refractivity contribution in [1.29, 1.82) is 0 Å². The fraction of sp³-hybridized carbons (Fsp3) is 0.480. The smallest absolute Gasteiger partial charge is 0.259 e. The van der Waals surface area contributed by atoms with Gasteiger partial charge in [0, 0.05) is 29.5 Å². The van der Waals surface area contributed by atoms with Gasteiger partial charge < -0.3 is 14.9 Å². The average Bonchev–Trinajstić information content (AvgIpc) is 2.86. The molecule has 4 rings (SSSR count). The van der Waals surface area contributed by atoms with E-state index < -0.39 is 17.7 Å². The first-order valence-electron chi connectivity index (χ1n) is 11.9. The number of unbranched alkanes of at least 4 members (excludes halogenated alkanes) is 1. The molecule has 1 unspecified atom stereocenters. The second-order valence-electron chi connectivity index (χ2n) is 8.58. The number of carbonyl (C=O) groups is 1. The Hall–Kier alpha value is -1.56. The van der Waals surface area contributed by atoms with Gasteiger partial charge in [0.25, 0.3) is 5.91 Å². The monoisotopic (exact) mass is 560 g/mol. The first kappa shape index (κ1) is 29.0. The summed E-state index contributed by atoms with van der Waals surface area (Å²) >= 11 is 8.36. The number of thioether (sulfide) groups is 1. The topological polar surface area (TPSA) is 82.0 Å². The predicted octanol–water partition coefficient (Wildman–Crippen LogP) is 5.25. The minimum absolute atomic E-state index is 0.0920. The van der Waals surface area contributed by atoms with Gasteiger partial charge in [-0.15, -0.1) is 11.8 Å². The molecule has 36 heavy (non-hydrogen) atoms. The summed E-state index contributed by atoms with van der Waals surface area (Å²) in [5.74, 6) is -0.756. The van der Waals surface area contributed by atoms with E-state index in [0.717, 1.165) is 67.6 Å². The van der Waals surface area contributed by atoms with Crippen LogP contribution in [0, 0.1) is 11.6 Å². The van der Waals surface area contributed by atoms with Crippen molar-refractivity contribution in [2.75, 3.05) is 32.0 Å². The molecule has 0 spiro atoms. The summed E-state index contributed by atoms with van der Waals surface area (Å²) in [5.41, 5.74) is 0. The van der Waals surface area contributed by atoms with Gasteiger partial charge in [0.15, 0.2) is 11.6 Å². The van der Waals surface area contributed by atoms with Crippen LogP contribution < -0.4 is 4.72 Å². The van der Waals surface area contributed by atoms with Crippen LogP contribution in [0.4, 0.5) is 8.78 Å². The molecule has 2 aliphatic heterocycles. The summed E-state index contributed by atoms with van der Waals surface area (Å²) in [4.78, 5) is 15.6. The van der Waals surface area contributed by atoms with Crippen molar-refractivity contribution in [2.45, 2.75) is 54.1 Å². The standard InChI is InChI=1S/C13H18FNOS.C12H13ClFNO3S/c14-11-3-5-13(6-4-11)17-8-2-1-7-15-9-12(16)10-15;13-8-5-7(6-9(14)11(8)16)19-15-12(17)10-3-1-2-4-18-10/h3-6,12,16H,1-2,7-10H2;5-6,10,16H,1-4H2,(H,15,17). The lowest BCUT2D eigenvalue weighted by Crippen LogP contribution is -2.50. The van der Waals surface area contributed by atoms with E-state index in [1.807, 2.05) is 12.1 Å². The van der Waals surface area contributed by atoms with Crippen molar-refractivity contribution >= 4 is 41.2 Å². The van der Waals surface area contributed by atoms with Crippen LogP contribution >= 0.6 is 35.3 Å². The molecular formula is C25H31ClF2N2O4S2. The Labute approximate surface area is 223 Å². The zero-order chi connectivity index (χ0) is 25.9. The first-order chi connectivity index (χ1) is 17.3. The van der Waals surface area contributed by atoms with Crippen LogP contribution in [-0.4, -0.2) is 65.2 Å². The number of halogens is 3. The van der Waals surface area contributed by atoms with Crippen molar-refractivity contribution < 1.29 is 28.5 Å². The van der Waals surface area contributed by atoms with E-state index in [4.69, 9.17) is 21.4 Å². The quantitative estimate of drug-likeness (QED) is 0.219. The summed E-state index contributed by atoms with van der Waals surface area (Å²) in [7, 11) is 0. The number of nitrogens with one attached hydrogen (secondary N) is 1. The number of likely N-dealkylation sites (tertiary alicyclic amines) is 1. The number of hydrogen-bond donors (Lipinski definition) is 3. The number of hydrogen-bond acceptors (Lipinski definition) is 7. The Morgan fingerprint density at radius 3 is 2.53 bits per heavy atom. The highest BCUT2D eigenvalue weighted by atomic mass is 35.5. The second kappa shape index (κ2) is 15.0. The largest absolute Gasteiger partial charge is 0.504 e. The number of rotatable bonds is 9. The number of aliphatic hydroxyl groups is 1. The van der Waals surface area contributed by atoms with Gasteiger partial charge in [-0.2, -0.15) is 0 Å². The van der Waals surface area contributed by atoms with Gasteiger partial charge >= 0.3 is 0 Å². The number of phenolic OH excluding ortho intramolecular Hbond substituents is 1. The van der Waals surface area contributed by atoms with E-state index in [1.54, 1.807) is 11.8 Å². The normalized spacial score (nSPS) is 18.2. The molecule has 0 saturated carbocycles. The molecule has 2 aromatic rings. The van der Waals surface area contributed by atoms with Crippen LogP contribution in [-0.2, 0) is 9.53 Å². The number of carbonyl (C=O) groups excluding carboxylic acids is 1. The highest BCUT2D eigenvalue weighted by molar-refractivity contribution is 7.99. The molecule has 0 aliphatic carbocycles. The Bertz CT molecular complexity index is 952. The zero-order valence-corrected chi connectivity index (χ0v) is 22.2. The number of β-amino-alcohol motifs (C(OH)–C–C–N with tert-alkyl or cyclic N) is 1. The third-order valence-corrected chi connectivity index (χ3v) is 7.78. The van der Waals surface area contributed by atoms with Crippen LogP contribution in [0.3, 0.4) is 0 Å². The van der Waals surface area contributed by atoms with Gasteiger partial charge in [0.1, 0.15) is 11.9 Å². The molecule has 2 aliphatic rings. The molecule has 6 nitrogen and oxygen atoms in total. The lowest BCUT2D eigenvalue weighted by Gasteiger charge is -2.35. The number of aliphatic hydroxyl groups excluding tert-OH is 1. The highest BCUT2D eigenvalue weighted by Crippen LogP contribution is 2.31. The summed E-state index contributed by atoms with van der Waals surface area (Å²) in [6.07, 6.45) is 4.41. The van der Waals surface area contributed by atoms with Gasteiger partial charge in [-0.05, 0) is 92.7 Å². The number of ether oxygens (including phenoxy) is 1. The van der Waals surface area contributed by atoms with Gasteiger partial charge in [-0.3, -0.25) is 14.4 Å². The molecule has 1 atom stereocenters. The maximum atomic E-state index is 13.2. The highest BCUT2D eigenvalue weighted by Gasteiger charge is 2.23. The number of nitrogens with zero attached hydrogens (tertiary/aromatic N) is 1. The Morgan fingerprint density at radius 1 is 1.14 bits per heavy atom. The summed E-state index contributed by atoms with van der Waals surface area (Å²) < 4.78 is 33.8. The van der Waals surface area contributed by atoms with E-state index in [1.165, 1.54) is 24.6 Å². The van der Waals surface area contributed by atoms with Crippen molar-refractivity contribution in [1.82, 2.24) is 9.62 Å². The number of aromatic hydroxyl groups is 1. The third kappa shape index (κ3) is 9.72. The summed E-state index contributed by atoms with van der Waals surface area (Å²) in [6.45, 7) is 3.35. The Balaban J connectivity index is 0.000000202. The first-order valence-corrected chi connectivity index (χ1v) is 14.0. The molecule has 2 fully saturated rings. The Morgan fingerprint density at radius 2 is 1.89 bits per heavy atom. The van der Waals surface area contributed by atoms with Crippen molar-refractivity contribution in [3.8, 4) is 5.75 Å². The fourth-order valence-electron chi connectivity index (χ4n) is 3.61. The lowest BCUT2D eigenvalue weighted by molar-refractivity contribution is -0.133. The van der Waals surface area contributed by atoms with Gasteiger partial charge in [-0.25, -0.2) is 8.78 Å². The lowest BCUT2D eigenvalue weighted by atomic mass is 10.1. The molecule has 2 heterocycles. The summed E-state index contributed by atoms with van der Waals surface area (Å²) in [5, 5.41) is 18.2. The molecule has 0 aromatic heterocycles. The molecule has 2 saturated heterocycles. The van der Waals surface area contributed by atoms with E-state index in [9.17, 15) is 18.7 Å². The zero-order valence-electron chi connectivity index (χ0n) is 19.8. The van der Waals surface area contributed by atoms with Crippen LogP contribution in [0.1, 0.15) is 32.1 Å². The van der Waals surface area contributed by atoms with Crippen molar-refractivity contribution in [3.05, 3.63) is 53.1 Å². The van der Waals surface area contributed by atoms with Crippen molar-refractivity contribution in [3.63, 3.8) is 0 Å². The maximum absolute atomic E-state index is 13.2. The molecule has 0 radical (unpaired) electrons. The van der Waals surface area contributed by atoms with E-state index >= 15 is 0 Å². The van der Waals surface area contributed by atoms with Crippen molar-refractivity contribution in [2.24, 2.45) is 0 Å². The second-order valence-corrected chi connectivity index (χ2v) is 11.0. The minimum Gasteiger partial charge on any atom is -0.504 e. The van der Waals surface area contributed by atoms with Crippen LogP contribution in [0.5, 0.6) is 5.75 Å². The molecule has 198 valence electrons. The molecule has 3 N–H and O–H groups in total. The number of amides is 1. The predicted molar refractivity (Wildman–Crippen MR) is 139 cm³/mol. The fourth-order valence-corrected chi connectivity index (χ4v) is 5.48. The van der Waals surface area contributed by atoms with Crippen LogP contribution in [0.2, 0.25) is 5.02 Å². The van der Waals surface area contributed by atoms with E-state index in [0.29, 0.717) is 17.9 Å². The van der Waals surface area contributed by atoms with Gasteiger partial charge in [0.2, 0.25) is 0 Å². The molecular weight excluding hydrogens is 530 g/mol.